The van der Waals surface area contributed by atoms with Crippen molar-refractivity contribution >= 4 is 5.91 Å². The van der Waals surface area contributed by atoms with Crippen molar-refractivity contribution in [3.05, 3.63) is 11.6 Å². The number of aryl methyl sites for hydroxylation is 1. The fraction of sp³-hybridized carbons (Fsp3) is 0.727. The molecule has 1 aliphatic heterocycles. The number of carbonyl (C=O) groups is 1. The number of aromatic nitrogens is 3. The third-order valence-corrected chi connectivity index (χ3v) is 3.09. The molecule has 0 saturated carbocycles. The lowest BCUT2D eigenvalue weighted by Crippen LogP contribution is -2.33. The van der Waals surface area contributed by atoms with Crippen LogP contribution in [0.15, 0.2) is 0 Å². The Morgan fingerprint density at radius 3 is 3.06 bits per heavy atom. The van der Waals surface area contributed by atoms with E-state index in [9.17, 15) is 4.79 Å². The summed E-state index contributed by atoms with van der Waals surface area (Å²) in [5, 5.41) is 11.2. The van der Waals surface area contributed by atoms with Crippen molar-refractivity contribution in [3.8, 4) is 0 Å². The van der Waals surface area contributed by atoms with Gasteiger partial charge in [0.05, 0.1) is 12.6 Å². The van der Waals surface area contributed by atoms with Crippen LogP contribution in [0.1, 0.15) is 43.9 Å². The number of carbonyl (C=O) groups excluding carboxylic acids is 1. The molecule has 1 aliphatic rings. The van der Waals surface area contributed by atoms with E-state index in [1.54, 1.807) is 0 Å². The molecule has 3 N–H and O–H groups in total. The second-order valence-corrected chi connectivity index (χ2v) is 4.43. The number of fused-ring (bicyclic) bond motifs is 1. The molecule has 0 saturated heterocycles. The maximum absolute atomic E-state index is 11.3. The van der Waals surface area contributed by atoms with Crippen LogP contribution in [0.5, 0.6) is 0 Å². The van der Waals surface area contributed by atoms with Crippen LogP contribution in [-0.4, -0.2) is 27.2 Å². The summed E-state index contributed by atoms with van der Waals surface area (Å²) >= 11 is 0. The lowest BCUT2D eigenvalue weighted by atomic mass is 10.2. The summed E-state index contributed by atoms with van der Waals surface area (Å²) in [5.74, 6) is 1.71. The van der Waals surface area contributed by atoms with Crippen LogP contribution >= 0.6 is 0 Å². The van der Waals surface area contributed by atoms with E-state index in [1.165, 1.54) is 12.8 Å². The highest BCUT2D eigenvalue weighted by Crippen LogP contribution is 2.18. The normalized spacial score (nSPS) is 17.1. The van der Waals surface area contributed by atoms with Crippen LogP contribution < -0.4 is 11.1 Å². The maximum atomic E-state index is 11.3. The van der Waals surface area contributed by atoms with Crippen LogP contribution in [0, 0.1) is 0 Å². The van der Waals surface area contributed by atoms with Gasteiger partial charge in [0, 0.05) is 13.0 Å². The van der Waals surface area contributed by atoms with Crippen molar-refractivity contribution < 1.29 is 4.79 Å². The van der Waals surface area contributed by atoms with Gasteiger partial charge in [-0.25, -0.2) is 0 Å². The number of nitrogens with zero attached hydrogens (tertiary/aromatic N) is 3. The summed E-state index contributed by atoms with van der Waals surface area (Å²) in [5.41, 5.74) is 5.28. The van der Waals surface area contributed by atoms with Crippen molar-refractivity contribution in [1.82, 2.24) is 20.1 Å². The zero-order valence-corrected chi connectivity index (χ0v) is 10.1. The second kappa shape index (κ2) is 5.27. The van der Waals surface area contributed by atoms with E-state index < -0.39 is 0 Å². The number of amides is 1. The lowest BCUT2D eigenvalue weighted by Gasteiger charge is -2.14. The van der Waals surface area contributed by atoms with E-state index in [1.807, 2.05) is 6.92 Å². The number of hydrogen-bond acceptors (Lipinski definition) is 4. The fourth-order valence-electron chi connectivity index (χ4n) is 2.19. The molecule has 1 amide bonds. The molecule has 6 heteroatoms. The fourth-order valence-corrected chi connectivity index (χ4v) is 2.19. The topological polar surface area (TPSA) is 85.8 Å². The number of nitrogens with two attached hydrogens (primary N) is 1. The minimum absolute atomic E-state index is 0.00529. The van der Waals surface area contributed by atoms with E-state index in [4.69, 9.17) is 5.73 Å². The first-order chi connectivity index (χ1) is 8.22. The quantitative estimate of drug-likeness (QED) is 0.783. The third kappa shape index (κ3) is 2.63. The molecule has 2 rings (SSSR count). The summed E-state index contributed by atoms with van der Waals surface area (Å²) in [4.78, 5) is 11.3. The highest BCUT2D eigenvalue weighted by Gasteiger charge is 2.19. The van der Waals surface area contributed by atoms with Crippen molar-refractivity contribution in [2.45, 2.75) is 45.2 Å². The molecule has 1 unspecified atom stereocenters. The van der Waals surface area contributed by atoms with Crippen LogP contribution in [0.2, 0.25) is 0 Å². The molecule has 0 fully saturated rings. The van der Waals surface area contributed by atoms with Crippen LogP contribution in [-0.2, 0) is 17.8 Å². The van der Waals surface area contributed by atoms with Crippen molar-refractivity contribution in [2.24, 2.45) is 5.73 Å². The van der Waals surface area contributed by atoms with Gasteiger partial charge in [-0.3, -0.25) is 4.79 Å². The predicted molar refractivity (Wildman–Crippen MR) is 63.2 cm³/mol. The Hall–Kier alpha value is -1.43. The van der Waals surface area contributed by atoms with Crippen LogP contribution in [0.4, 0.5) is 0 Å². The van der Waals surface area contributed by atoms with E-state index in [0.717, 1.165) is 31.0 Å². The standard InChI is InChI=1S/C11H19N5O/c1-8(13-10(17)7-12)11-15-14-9-5-3-2-4-6-16(9)11/h8H,2-7,12H2,1H3,(H,13,17). The molecule has 2 heterocycles. The second-order valence-electron chi connectivity index (χ2n) is 4.43. The van der Waals surface area contributed by atoms with E-state index >= 15 is 0 Å². The molecule has 1 atom stereocenters. The molecule has 0 radical (unpaired) electrons. The Morgan fingerprint density at radius 2 is 2.29 bits per heavy atom. The molecule has 94 valence electrons. The van der Waals surface area contributed by atoms with Gasteiger partial charge < -0.3 is 15.6 Å². The first-order valence-corrected chi connectivity index (χ1v) is 6.13. The predicted octanol–water partition coefficient (Wildman–Crippen LogP) is 0.140. The average Bonchev–Trinajstić information content (AvgIpc) is 2.58. The third-order valence-electron chi connectivity index (χ3n) is 3.09. The highest BCUT2D eigenvalue weighted by molar-refractivity contribution is 5.78. The molecular formula is C11H19N5O. The first-order valence-electron chi connectivity index (χ1n) is 6.13. The van der Waals surface area contributed by atoms with Crippen molar-refractivity contribution in [2.75, 3.05) is 6.54 Å². The Morgan fingerprint density at radius 1 is 1.47 bits per heavy atom. The zero-order chi connectivity index (χ0) is 12.3. The molecule has 0 aromatic carbocycles. The molecule has 0 aliphatic carbocycles. The lowest BCUT2D eigenvalue weighted by molar-refractivity contribution is -0.120. The Labute approximate surface area is 101 Å². The SMILES string of the molecule is CC(NC(=O)CN)c1nnc2n1CCCCC2. The van der Waals surface area contributed by atoms with Gasteiger partial charge in [0.25, 0.3) is 0 Å². The van der Waals surface area contributed by atoms with E-state index in [2.05, 4.69) is 20.1 Å². The van der Waals surface area contributed by atoms with Gasteiger partial charge >= 0.3 is 0 Å². The summed E-state index contributed by atoms with van der Waals surface area (Å²) in [6, 6.07) is -0.134. The molecule has 1 aromatic rings. The minimum Gasteiger partial charge on any atom is -0.345 e. The van der Waals surface area contributed by atoms with Gasteiger partial charge in [-0.1, -0.05) is 6.42 Å². The Bertz CT molecular complexity index is 401. The van der Waals surface area contributed by atoms with Gasteiger partial charge in [-0.2, -0.15) is 0 Å². The maximum Gasteiger partial charge on any atom is 0.234 e. The van der Waals surface area contributed by atoms with Crippen molar-refractivity contribution in [1.29, 1.82) is 0 Å². The van der Waals surface area contributed by atoms with Crippen molar-refractivity contribution in [3.63, 3.8) is 0 Å². The monoisotopic (exact) mass is 237 g/mol. The Kier molecular flexibility index (Phi) is 3.73. The smallest absolute Gasteiger partial charge is 0.234 e. The van der Waals surface area contributed by atoms with Gasteiger partial charge in [-0.15, -0.1) is 10.2 Å². The van der Waals surface area contributed by atoms with Gasteiger partial charge in [0.1, 0.15) is 5.82 Å². The van der Waals surface area contributed by atoms with Crippen LogP contribution in [0.3, 0.4) is 0 Å². The molecule has 17 heavy (non-hydrogen) atoms. The number of rotatable bonds is 3. The molecule has 0 spiro atoms. The number of nitrogens with one attached hydrogen (secondary N) is 1. The van der Waals surface area contributed by atoms with Crippen LogP contribution in [0.25, 0.3) is 0 Å². The largest absolute Gasteiger partial charge is 0.345 e. The first kappa shape index (κ1) is 12.0. The van der Waals surface area contributed by atoms with E-state index in [0.29, 0.717) is 0 Å². The summed E-state index contributed by atoms with van der Waals surface area (Å²) in [6.45, 7) is 2.86. The number of hydrogen-bond donors (Lipinski definition) is 2. The Balaban J connectivity index is 2.15. The van der Waals surface area contributed by atoms with Gasteiger partial charge in [0.2, 0.25) is 5.91 Å². The molecule has 1 aromatic heterocycles. The van der Waals surface area contributed by atoms with Gasteiger partial charge in [-0.05, 0) is 19.8 Å². The zero-order valence-electron chi connectivity index (χ0n) is 10.1. The summed E-state index contributed by atoms with van der Waals surface area (Å²) in [6.07, 6.45) is 4.52. The minimum atomic E-state index is -0.163. The van der Waals surface area contributed by atoms with Gasteiger partial charge in [0.15, 0.2) is 5.82 Å². The highest BCUT2D eigenvalue weighted by atomic mass is 16.1. The average molecular weight is 237 g/mol. The molecule has 6 nitrogen and oxygen atoms in total. The van der Waals surface area contributed by atoms with E-state index in [-0.39, 0.29) is 18.5 Å². The molecular weight excluding hydrogens is 218 g/mol. The summed E-state index contributed by atoms with van der Waals surface area (Å²) in [7, 11) is 0. The molecule has 0 bridgehead atoms. The summed E-state index contributed by atoms with van der Waals surface area (Å²) < 4.78 is 2.13.